The van der Waals surface area contributed by atoms with Crippen molar-refractivity contribution in [2.24, 2.45) is 0 Å². The molecule has 0 aliphatic heterocycles. The van der Waals surface area contributed by atoms with Crippen molar-refractivity contribution in [3.63, 3.8) is 0 Å². The van der Waals surface area contributed by atoms with Crippen LogP contribution in [0.2, 0.25) is 5.04 Å². The van der Waals surface area contributed by atoms with Gasteiger partial charge in [0.25, 0.3) is 8.32 Å². The van der Waals surface area contributed by atoms with Crippen molar-refractivity contribution >= 4 is 24.7 Å². The van der Waals surface area contributed by atoms with Gasteiger partial charge in [-0.3, -0.25) is 0 Å². The number of carbonyl (C=O) groups is 1. The number of rotatable bonds is 9. The highest BCUT2D eigenvalue weighted by Gasteiger charge is 2.50. The summed E-state index contributed by atoms with van der Waals surface area (Å²) in [5.41, 5.74) is 1.64. The van der Waals surface area contributed by atoms with Crippen molar-refractivity contribution in [1.82, 2.24) is 0 Å². The predicted octanol–water partition coefficient (Wildman–Crippen LogP) is 5.57. The summed E-state index contributed by atoms with van der Waals surface area (Å²) in [7, 11) is -2.58. The summed E-state index contributed by atoms with van der Waals surface area (Å²) >= 11 is 0. The number of hydrogen-bond donors (Lipinski definition) is 0. The molecule has 0 bridgehead atoms. The highest BCUT2D eigenvalue weighted by atomic mass is 28.4. The molecule has 170 valence electrons. The van der Waals surface area contributed by atoms with Crippen LogP contribution in [0.4, 0.5) is 0 Å². The first-order chi connectivity index (χ1) is 15.3. The Labute approximate surface area is 194 Å². The first-order valence-corrected chi connectivity index (χ1v) is 13.1. The Morgan fingerprint density at radius 1 is 0.969 bits per heavy atom. The zero-order chi connectivity index (χ0) is 23.6. The summed E-state index contributed by atoms with van der Waals surface area (Å²) in [5.74, 6) is -0.289. The van der Waals surface area contributed by atoms with Gasteiger partial charge in [0, 0.05) is 5.57 Å². The average molecular weight is 449 g/mol. The van der Waals surface area contributed by atoms with Gasteiger partial charge in [0.15, 0.2) is 0 Å². The van der Waals surface area contributed by atoms with Gasteiger partial charge in [0.2, 0.25) is 0 Å². The fourth-order valence-corrected chi connectivity index (χ4v) is 8.35. The van der Waals surface area contributed by atoms with Gasteiger partial charge >= 0.3 is 5.97 Å². The van der Waals surface area contributed by atoms with Crippen LogP contribution in [-0.2, 0) is 14.0 Å². The standard InChI is InChI=1S/C28H36O3Si/c1-7-24(17-15-16-23(3)27(29)30-8-2)22-31-32(28(4,5)6,25-18-11-9-12-19-25)26-20-13-10-14-21-26/h7,9-21H,8,22H2,1-6H3/b17-15+,23-16+,24-7-. The van der Waals surface area contributed by atoms with Crippen LogP contribution in [0.5, 0.6) is 0 Å². The predicted molar refractivity (Wildman–Crippen MR) is 137 cm³/mol. The molecule has 0 atom stereocenters. The fraction of sp³-hybridized carbons (Fsp3) is 0.321. The maximum atomic E-state index is 11.8. The van der Waals surface area contributed by atoms with E-state index in [0.29, 0.717) is 18.8 Å². The van der Waals surface area contributed by atoms with Crippen molar-refractivity contribution in [2.45, 2.75) is 46.6 Å². The van der Waals surface area contributed by atoms with E-state index >= 15 is 0 Å². The smallest absolute Gasteiger partial charge is 0.333 e. The lowest BCUT2D eigenvalue weighted by atomic mass is 10.2. The Morgan fingerprint density at radius 2 is 1.50 bits per heavy atom. The lowest BCUT2D eigenvalue weighted by Crippen LogP contribution is -2.66. The Kier molecular flexibility index (Phi) is 9.42. The molecule has 0 amide bonds. The van der Waals surface area contributed by atoms with Crippen molar-refractivity contribution in [3.8, 4) is 0 Å². The molecule has 0 heterocycles. The number of ether oxygens (including phenoxy) is 1. The minimum Gasteiger partial charge on any atom is -0.463 e. The quantitative estimate of drug-likeness (QED) is 0.218. The van der Waals surface area contributed by atoms with E-state index in [-0.39, 0.29) is 11.0 Å². The van der Waals surface area contributed by atoms with Gasteiger partial charge in [-0.05, 0) is 41.8 Å². The molecule has 4 heteroatoms. The minimum absolute atomic E-state index is 0.0708. The van der Waals surface area contributed by atoms with Crippen LogP contribution in [0, 0.1) is 0 Å². The van der Waals surface area contributed by atoms with Crippen LogP contribution in [0.25, 0.3) is 0 Å². The van der Waals surface area contributed by atoms with E-state index in [1.54, 1.807) is 19.9 Å². The molecule has 0 fully saturated rings. The Balaban J connectivity index is 2.37. The zero-order valence-corrected chi connectivity index (χ0v) is 21.2. The first-order valence-electron chi connectivity index (χ1n) is 11.2. The van der Waals surface area contributed by atoms with E-state index in [0.717, 1.165) is 5.57 Å². The van der Waals surface area contributed by atoms with Gasteiger partial charge in [0.05, 0.1) is 13.2 Å². The largest absolute Gasteiger partial charge is 0.463 e. The Morgan fingerprint density at radius 3 is 1.94 bits per heavy atom. The van der Waals surface area contributed by atoms with Gasteiger partial charge in [-0.2, -0.15) is 0 Å². The SMILES string of the molecule is C/C=C(/C=C/C=C(\C)C(=O)OCC)CO[Si](c1ccccc1)(c1ccccc1)C(C)(C)C. The highest BCUT2D eigenvalue weighted by molar-refractivity contribution is 6.99. The average Bonchev–Trinajstić information content (AvgIpc) is 2.78. The number of allylic oxidation sites excluding steroid dienone is 3. The van der Waals surface area contributed by atoms with E-state index in [1.807, 2.05) is 19.1 Å². The number of hydrogen-bond acceptors (Lipinski definition) is 3. The summed E-state index contributed by atoms with van der Waals surface area (Å²) in [6.45, 7) is 13.3. The minimum atomic E-state index is -2.58. The molecule has 2 aromatic rings. The maximum Gasteiger partial charge on any atom is 0.333 e. The Hall–Kier alpha value is -2.69. The zero-order valence-electron chi connectivity index (χ0n) is 20.2. The van der Waals surface area contributed by atoms with Crippen molar-refractivity contribution < 1.29 is 14.0 Å². The molecule has 0 unspecified atom stereocenters. The summed E-state index contributed by atoms with van der Waals surface area (Å²) in [4.78, 5) is 11.8. The maximum absolute atomic E-state index is 11.8. The van der Waals surface area contributed by atoms with Gasteiger partial charge in [-0.1, -0.05) is 106 Å². The molecule has 2 rings (SSSR count). The summed E-state index contributed by atoms with van der Waals surface area (Å²) in [6, 6.07) is 21.2. The number of esters is 1. The van der Waals surface area contributed by atoms with Crippen LogP contribution in [0.15, 0.2) is 96.1 Å². The van der Waals surface area contributed by atoms with E-state index in [2.05, 4.69) is 87.5 Å². The molecular formula is C28H36O3Si. The van der Waals surface area contributed by atoms with E-state index in [9.17, 15) is 4.79 Å². The van der Waals surface area contributed by atoms with Crippen molar-refractivity contribution in [1.29, 1.82) is 0 Å². The highest BCUT2D eigenvalue weighted by Crippen LogP contribution is 2.37. The molecule has 0 saturated carbocycles. The number of benzene rings is 2. The molecule has 0 spiro atoms. The topological polar surface area (TPSA) is 35.5 Å². The van der Waals surface area contributed by atoms with E-state index < -0.39 is 8.32 Å². The fourth-order valence-electron chi connectivity index (χ4n) is 3.81. The third-order valence-electron chi connectivity index (χ3n) is 5.50. The molecule has 0 saturated heterocycles. The molecule has 0 N–H and O–H groups in total. The molecular weight excluding hydrogens is 412 g/mol. The Bertz CT molecular complexity index is 912. The van der Waals surface area contributed by atoms with Gasteiger partial charge < -0.3 is 9.16 Å². The summed E-state index contributed by atoms with van der Waals surface area (Å²) in [6.07, 6.45) is 7.73. The van der Waals surface area contributed by atoms with Crippen LogP contribution < -0.4 is 10.4 Å². The third-order valence-corrected chi connectivity index (χ3v) is 10.5. The molecule has 3 nitrogen and oxygen atoms in total. The lowest BCUT2D eigenvalue weighted by molar-refractivity contribution is -0.138. The lowest BCUT2D eigenvalue weighted by Gasteiger charge is -2.43. The molecule has 2 aromatic carbocycles. The van der Waals surface area contributed by atoms with Crippen LogP contribution >= 0.6 is 0 Å². The van der Waals surface area contributed by atoms with Gasteiger partial charge in [-0.25, -0.2) is 4.79 Å². The normalized spacial score (nSPS) is 13.4. The number of carbonyl (C=O) groups excluding carboxylic acids is 1. The van der Waals surface area contributed by atoms with Crippen LogP contribution in [-0.4, -0.2) is 27.5 Å². The molecule has 0 aromatic heterocycles. The van der Waals surface area contributed by atoms with Crippen LogP contribution in [0.3, 0.4) is 0 Å². The third kappa shape index (κ3) is 6.18. The molecule has 0 aliphatic rings. The van der Waals surface area contributed by atoms with E-state index in [1.165, 1.54) is 10.4 Å². The molecule has 0 aliphatic carbocycles. The molecule has 0 radical (unpaired) electrons. The van der Waals surface area contributed by atoms with Gasteiger partial charge in [0.1, 0.15) is 0 Å². The van der Waals surface area contributed by atoms with Gasteiger partial charge in [-0.15, -0.1) is 0 Å². The van der Waals surface area contributed by atoms with E-state index in [4.69, 9.17) is 9.16 Å². The summed E-state index contributed by atoms with van der Waals surface area (Å²) in [5, 5.41) is 2.45. The van der Waals surface area contributed by atoms with Crippen LogP contribution in [0.1, 0.15) is 41.5 Å². The second kappa shape index (κ2) is 11.8. The molecule has 32 heavy (non-hydrogen) atoms. The van der Waals surface area contributed by atoms with Crippen molar-refractivity contribution in [3.05, 3.63) is 96.1 Å². The van der Waals surface area contributed by atoms with Crippen molar-refractivity contribution in [2.75, 3.05) is 13.2 Å². The first kappa shape index (κ1) is 25.6. The second-order valence-corrected chi connectivity index (χ2v) is 13.1. The monoisotopic (exact) mass is 448 g/mol. The summed E-state index contributed by atoms with van der Waals surface area (Å²) < 4.78 is 12.0. The second-order valence-electron chi connectivity index (χ2n) is 8.74.